The molecule has 0 unspecified atom stereocenters. The Hall–Kier alpha value is -5.26. The summed E-state index contributed by atoms with van der Waals surface area (Å²) in [5.41, 5.74) is 0.519. The average Bonchev–Trinajstić information content (AvgIpc) is 3.38. The number of ether oxygens (including phenoxy) is 4. The quantitative estimate of drug-likeness (QED) is 0.286. The van der Waals surface area contributed by atoms with Crippen molar-refractivity contribution in [2.24, 2.45) is 0 Å². The standard InChI is InChI=1S/C27H23FN6O5/c1-4-38-24-15-34(25-14-29-9-10-31-25)33-26(24)27(35)32-19-6-5-16(11-18(19)28)39-21-7-8-30-20-13-23(37-3)22(36-2)12-17(20)21/h5-15H,4H2,1-3H3,(H,32,35). The molecule has 0 fully saturated rings. The monoisotopic (exact) mass is 530 g/mol. The number of pyridine rings is 1. The Morgan fingerprint density at radius 1 is 0.974 bits per heavy atom. The second kappa shape index (κ2) is 11.0. The van der Waals surface area contributed by atoms with Crippen molar-refractivity contribution < 1.29 is 28.1 Å². The van der Waals surface area contributed by atoms with Crippen molar-refractivity contribution in [3.63, 3.8) is 0 Å². The topological polar surface area (TPSA) is 123 Å². The van der Waals surface area contributed by atoms with E-state index in [0.717, 1.165) is 0 Å². The number of hydrogen-bond acceptors (Lipinski definition) is 9. The molecule has 0 atom stereocenters. The molecular formula is C27H23FN6O5. The maximum absolute atomic E-state index is 15.1. The molecule has 3 heterocycles. The van der Waals surface area contributed by atoms with Crippen LogP contribution in [0.25, 0.3) is 16.7 Å². The molecule has 1 amide bonds. The van der Waals surface area contributed by atoms with Crippen LogP contribution in [0.1, 0.15) is 17.4 Å². The number of aromatic nitrogens is 5. The van der Waals surface area contributed by atoms with Crippen LogP contribution in [0.3, 0.4) is 0 Å². The zero-order chi connectivity index (χ0) is 27.4. The second-order valence-corrected chi connectivity index (χ2v) is 8.01. The number of benzene rings is 2. The van der Waals surface area contributed by atoms with E-state index in [2.05, 4.69) is 25.4 Å². The fraction of sp³-hybridized carbons (Fsp3) is 0.148. The van der Waals surface area contributed by atoms with Gasteiger partial charge in [0.1, 0.15) is 17.3 Å². The Morgan fingerprint density at radius 2 is 1.79 bits per heavy atom. The Morgan fingerprint density at radius 3 is 2.51 bits per heavy atom. The SMILES string of the molecule is CCOc1cn(-c2cnccn2)nc1C(=O)Nc1ccc(Oc2ccnc3cc(OC)c(OC)cc23)cc1F. The summed E-state index contributed by atoms with van der Waals surface area (Å²) < 4.78 is 38.6. The Kier molecular flexibility index (Phi) is 7.17. The highest BCUT2D eigenvalue weighted by atomic mass is 19.1. The molecule has 0 saturated carbocycles. The van der Waals surface area contributed by atoms with E-state index >= 15 is 4.39 Å². The van der Waals surface area contributed by atoms with E-state index in [1.807, 2.05) is 0 Å². The number of nitrogens with zero attached hydrogens (tertiary/aromatic N) is 5. The molecule has 198 valence electrons. The Labute approximate surface area is 222 Å². The van der Waals surface area contributed by atoms with Crippen molar-refractivity contribution in [1.29, 1.82) is 0 Å². The lowest BCUT2D eigenvalue weighted by molar-refractivity contribution is 0.101. The van der Waals surface area contributed by atoms with Crippen molar-refractivity contribution in [2.75, 3.05) is 26.1 Å². The molecule has 5 aromatic rings. The molecule has 5 rings (SSSR count). The molecule has 0 saturated heterocycles. The van der Waals surface area contributed by atoms with Crippen LogP contribution in [-0.4, -0.2) is 51.5 Å². The van der Waals surface area contributed by atoms with Gasteiger partial charge < -0.3 is 24.3 Å². The first-order chi connectivity index (χ1) is 19.0. The molecule has 1 N–H and O–H groups in total. The number of anilines is 1. The first-order valence-electron chi connectivity index (χ1n) is 11.8. The van der Waals surface area contributed by atoms with Gasteiger partial charge in [0.15, 0.2) is 28.8 Å². The lowest BCUT2D eigenvalue weighted by atomic mass is 10.2. The molecule has 0 aliphatic carbocycles. The van der Waals surface area contributed by atoms with E-state index in [-0.39, 0.29) is 22.9 Å². The van der Waals surface area contributed by atoms with Gasteiger partial charge in [-0.2, -0.15) is 5.10 Å². The van der Waals surface area contributed by atoms with Gasteiger partial charge in [0.05, 0.1) is 44.4 Å². The molecule has 0 bridgehead atoms. The van der Waals surface area contributed by atoms with E-state index in [1.54, 1.807) is 31.3 Å². The van der Waals surface area contributed by atoms with E-state index in [9.17, 15) is 4.79 Å². The second-order valence-electron chi connectivity index (χ2n) is 8.01. The van der Waals surface area contributed by atoms with Crippen molar-refractivity contribution in [3.05, 3.63) is 78.9 Å². The summed E-state index contributed by atoms with van der Waals surface area (Å²) in [5, 5.41) is 7.44. The number of methoxy groups -OCH3 is 2. The summed E-state index contributed by atoms with van der Waals surface area (Å²) in [6.45, 7) is 2.08. The highest BCUT2D eigenvalue weighted by Gasteiger charge is 2.21. The fourth-order valence-electron chi connectivity index (χ4n) is 3.81. The van der Waals surface area contributed by atoms with Gasteiger partial charge in [-0.3, -0.25) is 14.8 Å². The molecule has 0 aliphatic rings. The van der Waals surface area contributed by atoms with Crippen LogP contribution < -0.4 is 24.3 Å². The summed E-state index contributed by atoms with van der Waals surface area (Å²) >= 11 is 0. The van der Waals surface area contributed by atoms with Gasteiger partial charge in [0.25, 0.3) is 5.91 Å². The highest BCUT2D eigenvalue weighted by molar-refractivity contribution is 6.04. The number of nitrogens with one attached hydrogen (secondary N) is 1. The summed E-state index contributed by atoms with van der Waals surface area (Å²) in [5.74, 6) is 0.931. The van der Waals surface area contributed by atoms with Gasteiger partial charge in [-0.15, -0.1) is 0 Å². The van der Waals surface area contributed by atoms with Crippen molar-refractivity contribution >= 4 is 22.5 Å². The van der Waals surface area contributed by atoms with Crippen LogP contribution in [0.2, 0.25) is 0 Å². The molecule has 2 aromatic carbocycles. The predicted molar refractivity (Wildman–Crippen MR) is 140 cm³/mol. The molecule has 12 heteroatoms. The van der Waals surface area contributed by atoms with Gasteiger partial charge in [-0.05, 0) is 31.2 Å². The normalized spacial score (nSPS) is 10.8. The number of fused-ring (bicyclic) bond motifs is 1. The van der Waals surface area contributed by atoms with Gasteiger partial charge in [-0.1, -0.05) is 0 Å². The average molecular weight is 531 g/mol. The van der Waals surface area contributed by atoms with Crippen LogP contribution in [0.5, 0.6) is 28.7 Å². The molecule has 0 spiro atoms. The van der Waals surface area contributed by atoms with Gasteiger partial charge in [0, 0.05) is 36.1 Å². The number of amides is 1. The van der Waals surface area contributed by atoms with Gasteiger partial charge in [-0.25, -0.2) is 14.1 Å². The minimum Gasteiger partial charge on any atom is -0.493 e. The van der Waals surface area contributed by atoms with E-state index in [1.165, 1.54) is 61.9 Å². The van der Waals surface area contributed by atoms with Crippen LogP contribution in [0.15, 0.2) is 67.4 Å². The van der Waals surface area contributed by atoms with Crippen LogP contribution in [0, 0.1) is 5.82 Å². The van der Waals surface area contributed by atoms with Gasteiger partial charge >= 0.3 is 0 Å². The minimum atomic E-state index is -0.704. The minimum absolute atomic E-state index is 0.0325. The number of halogens is 1. The maximum Gasteiger partial charge on any atom is 0.280 e. The summed E-state index contributed by atoms with van der Waals surface area (Å²) in [4.78, 5) is 25.5. The highest BCUT2D eigenvalue weighted by Crippen LogP contribution is 2.37. The van der Waals surface area contributed by atoms with E-state index in [0.29, 0.717) is 40.6 Å². The predicted octanol–water partition coefficient (Wildman–Crippen LogP) is 4.81. The van der Waals surface area contributed by atoms with Crippen molar-refractivity contribution in [1.82, 2.24) is 24.7 Å². The third kappa shape index (κ3) is 5.25. The summed E-state index contributed by atoms with van der Waals surface area (Å²) in [6, 6.07) is 9.22. The van der Waals surface area contributed by atoms with Crippen molar-refractivity contribution in [2.45, 2.75) is 6.92 Å². The van der Waals surface area contributed by atoms with Crippen LogP contribution >= 0.6 is 0 Å². The largest absolute Gasteiger partial charge is 0.493 e. The summed E-state index contributed by atoms with van der Waals surface area (Å²) in [6.07, 6.45) is 7.59. The lowest BCUT2D eigenvalue weighted by Crippen LogP contribution is -2.15. The molecule has 3 aromatic heterocycles. The number of carbonyl (C=O) groups is 1. The Bertz CT molecular complexity index is 1640. The van der Waals surface area contributed by atoms with Gasteiger partial charge in [0.2, 0.25) is 0 Å². The first-order valence-corrected chi connectivity index (χ1v) is 11.8. The van der Waals surface area contributed by atoms with Crippen molar-refractivity contribution in [3.8, 4) is 34.6 Å². The van der Waals surface area contributed by atoms with E-state index < -0.39 is 11.7 Å². The molecule has 0 aliphatic heterocycles. The zero-order valence-corrected chi connectivity index (χ0v) is 21.2. The van der Waals surface area contributed by atoms with E-state index in [4.69, 9.17) is 18.9 Å². The summed E-state index contributed by atoms with van der Waals surface area (Å²) in [7, 11) is 3.06. The van der Waals surface area contributed by atoms with Crippen LogP contribution in [-0.2, 0) is 0 Å². The third-order valence-corrected chi connectivity index (χ3v) is 5.60. The van der Waals surface area contributed by atoms with Crippen LogP contribution in [0.4, 0.5) is 10.1 Å². The fourth-order valence-corrected chi connectivity index (χ4v) is 3.81. The lowest BCUT2D eigenvalue weighted by Gasteiger charge is -2.13. The molecular weight excluding hydrogens is 507 g/mol. The first kappa shape index (κ1) is 25.4. The number of rotatable bonds is 9. The molecule has 11 nitrogen and oxygen atoms in total. The Balaban J connectivity index is 1.38. The number of carbonyl (C=O) groups excluding carboxylic acids is 1. The maximum atomic E-state index is 15.1. The molecule has 0 radical (unpaired) electrons. The molecule has 39 heavy (non-hydrogen) atoms. The smallest absolute Gasteiger partial charge is 0.280 e. The third-order valence-electron chi connectivity index (χ3n) is 5.60. The number of hydrogen-bond donors (Lipinski definition) is 1. The zero-order valence-electron chi connectivity index (χ0n) is 21.2.